The molecule has 0 aliphatic carbocycles. The van der Waals surface area contributed by atoms with Crippen LogP contribution in [-0.4, -0.2) is 15.8 Å². The predicted molar refractivity (Wildman–Crippen MR) is 134 cm³/mol. The Morgan fingerprint density at radius 3 is 2.68 bits per heavy atom. The predicted octanol–water partition coefficient (Wildman–Crippen LogP) is 6.78. The van der Waals surface area contributed by atoms with Gasteiger partial charge in [-0.1, -0.05) is 36.4 Å². The van der Waals surface area contributed by atoms with Gasteiger partial charge >= 0.3 is 0 Å². The van der Waals surface area contributed by atoms with Gasteiger partial charge in [0.15, 0.2) is 0 Å². The quantitative estimate of drug-likeness (QED) is 0.169. The van der Waals surface area contributed by atoms with Crippen LogP contribution in [0.25, 0.3) is 38.2 Å². The van der Waals surface area contributed by atoms with Crippen LogP contribution in [-0.2, 0) is 4.79 Å². The van der Waals surface area contributed by atoms with E-state index in [2.05, 4.69) is 10.3 Å². The van der Waals surface area contributed by atoms with Crippen LogP contribution >= 0.6 is 11.3 Å². The number of furan rings is 1. The highest BCUT2D eigenvalue weighted by Gasteiger charge is 2.16. The van der Waals surface area contributed by atoms with Gasteiger partial charge in [-0.25, -0.2) is 4.98 Å². The summed E-state index contributed by atoms with van der Waals surface area (Å²) in [4.78, 5) is 27.9. The molecule has 0 unspecified atom stereocenters. The maximum atomic E-state index is 12.5. The van der Waals surface area contributed by atoms with Crippen molar-refractivity contribution in [1.29, 1.82) is 0 Å². The molecule has 8 heteroatoms. The summed E-state index contributed by atoms with van der Waals surface area (Å²) in [5.41, 5.74) is 2.84. The van der Waals surface area contributed by atoms with Crippen molar-refractivity contribution in [2.24, 2.45) is 0 Å². The summed E-state index contributed by atoms with van der Waals surface area (Å²) in [5, 5.41) is 15.0. The van der Waals surface area contributed by atoms with Crippen LogP contribution in [0, 0.1) is 10.1 Å². The number of nitro groups is 1. The van der Waals surface area contributed by atoms with E-state index in [1.165, 1.54) is 18.2 Å². The van der Waals surface area contributed by atoms with Crippen LogP contribution in [0.2, 0.25) is 0 Å². The largest absolute Gasteiger partial charge is 0.456 e. The molecule has 2 heterocycles. The van der Waals surface area contributed by atoms with Crippen molar-refractivity contribution in [3.05, 3.63) is 107 Å². The van der Waals surface area contributed by atoms with Crippen molar-refractivity contribution in [2.45, 2.75) is 0 Å². The fraction of sp³-hybridized carbons (Fsp3) is 0. The number of aromatic nitrogens is 1. The number of thiazole rings is 1. The summed E-state index contributed by atoms with van der Waals surface area (Å²) in [5.74, 6) is 0.438. The number of nitrogens with one attached hydrogen (secondary N) is 1. The normalized spacial score (nSPS) is 11.2. The molecule has 1 amide bonds. The van der Waals surface area contributed by atoms with E-state index in [0.717, 1.165) is 20.8 Å². The van der Waals surface area contributed by atoms with Crippen molar-refractivity contribution >= 4 is 44.9 Å². The highest BCUT2D eigenvalue weighted by atomic mass is 32.1. The van der Waals surface area contributed by atoms with Crippen molar-refractivity contribution < 1.29 is 14.1 Å². The molecular weight excluding hydrogens is 450 g/mol. The Kier molecular flexibility index (Phi) is 5.72. The van der Waals surface area contributed by atoms with Gasteiger partial charge in [0.1, 0.15) is 16.5 Å². The molecule has 0 atom stereocenters. The molecule has 166 valence electrons. The van der Waals surface area contributed by atoms with E-state index in [4.69, 9.17) is 4.42 Å². The van der Waals surface area contributed by atoms with Gasteiger partial charge in [-0.3, -0.25) is 14.9 Å². The first-order valence-electron chi connectivity index (χ1n) is 10.4. The standard InChI is InChI=1S/C26H17N3O4S/c30-25(15-13-19-12-14-23(33-19)20-8-1-3-10-22(20)29(31)32)27-18-7-5-6-17(16-18)26-28-21-9-2-4-11-24(21)34-26/h1-16H,(H,27,30)/b15-13+. The average Bonchev–Trinajstić information content (AvgIpc) is 3.50. The number of benzene rings is 3. The highest BCUT2D eigenvalue weighted by molar-refractivity contribution is 7.21. The van der Waals surface area contributed by atoms with E-state index in [-0.39, 0.29) is 11.6 Å². The van der Waals surface area contributed by atoms with Crippen LogP contribution in [0.4, 0.5) is 11.4 Å². The van der Waals surface area contributed by atoms with Crippen molar-refractivity contribution in [1.82, 2.24) is 4.98 Å². The van der Waals surface area contributed by atoms with Crippen LogP contribution < -0.4 is 5.32 Å². The third-order valence-corrected chi connectivity index (χ3v) is 6.15. The van der Waals surface area contributed by atoms with Gasteiger partial charge in [-0.15, -0.1) is 11.3 Å². The lowest BCUT2D eigenvalue weighted by molar-refractivity contribution is -0.384. The van der Waals surface area contributed by atoms with Gasteiger partial charge in [-0.05, 0) is 48.5 Å². The second-order valence-corrected chi connectivity index (χ2v) is 8.40. The summed E-state index contributed by atoms with van der Waals surface area (Å²) in [6, 6.07) is 25.1. The number of carbonyl (C=O) groups is 1. The molecule has 0 fully saturated rings. The maximum Gasteiger partial charge on any atom is 0.280 e. The topological polar surface area (TPSA) is 98.3 Å². The Morgan fingerprint density at radius 2 is 1.82 bits per heavy atom. The van der Waals surface area contributed by atoms with Gasteiger partial charge in [0, 0.05) is 23.4 Å². The molecule has 0 bridgehead atoms. The summed E-state index contributed by atoms with van der Waals surface area (Å²) in [6.07, 6.45) is 2.87. The Bertz CT molecular complexity index is 1520. The lowest BCUT2D eigenvalue weighted by Gasteiger charge is -2.04. The molecule has 7 nitrogen and oxygen atoms in total. The molecule has 2 aromatic heterocycles. The van der Waals surface area contributed by atoms with Gasteiger partial charge < -0.3 is 9.73 Å². The molecule has 0 saturated carbocycles. The van der Waals surface area contributed by atoms with Crippen LogP contribution in [0.5, 0.6) is 0 Å². The molecule has 0 aliphatic heterocycles. The zero-order valence-electron chi connectivity index (χ0n) is 17.7. The minimum Gasteiger partial charge on any atom is -0.456 e. The Balaban J connectivity index is 1.29. The second kappa shape index (κ2) is 9.13. The summed E-state index contributed by atoms with van der Waals surface area (Å²) >= 11 is 1.60. The molecule has 0 spiro atoms. The van der Waals surface area contributed by atoms with E-state index in [0.29, 0.717) is 22.8 Å². The van der Waals surface area contributed by atoms with E-state index >= 15 is 0 Å². The van der Waals surface area contributed by atoms with Crippen molar-refractivity contribution in [3.63, 3.8) is 0 Å². The number of rotatable bonds is 6. The number of nitrogens with zero attached hydrogens (tertiary/aromatic N) is 2. The monoisotopic (exact) mass is 467 g/mol. The Hall–Kier alpha value is -4.56. The van der Waals surface area contributed by atoms with Crippen molar-refractivity contribution in [3.8, 4) is 21.9 Å². The van der Waals surface area contributed by atoms with Crippen LogP contribution in [0.15, 0.2) is 95.4 Å². The number of anilines is 1. The molecule has 0 aliphatic rings. The number of hydrogen-bond donors (Lipinski definition) is 1. The second-order valence-electron chi connectivity index (χ2n) is 7.37. The number of fused-ring (bicyclic) bond motifs is 1. The van der Waals surface area contributed by atoms with Crippen LogP contribution in [0.3, 0.4) is 0 Å². The lowest BCUT2D eigenvalue weighted by atomic mass is 10.1. The summed E-state index contributed by atoms with van der Waals surface area (Å²) in [6.45, 7) is 0. The third-order valence-electron chi connectivity index (χ3n) is 5.06. The van der Waals surface area contributed by atoms with E-state index in [1.807, 2.05) is 48.5 Å². The van der Waals surface area contributed by atoms with E-state index in [9.17, 15) is 14.9 Å². The van der Waals surface area contributed by atoms with Crippen LogP contribution in [0.1, 0.15) is 5.76 Å². The number of hydrogen-bond acceptors (Lipinski definition) is 6. The first-order chi connectivity index (χ1) is 16.6. The molecule has 0 radical (unpaired) electrons. The smallest absolute Gasteiger partial charge is 0.280 e. The highest BCUT2D eigenvalue weighted by Crippen LogP contribution is 2.32. The fourth-order valence-electron chi connectivity index (χ4n) is 3.50. The number of para-hydroxylation sites is 2. The lowest BCUT2D eigenvalue weighted by Crippen LogP contribution is -2.07. The summed E-state index contributed by atoms with van der Waals surface area (Å²) < 4.78 is 6.79. The molecule has 3 aromatic carbocycles. The zero-order chi connectivity index (χ0) is 23.5. The van der Waals surface area contributed by atoms with Gasteiger partial charge in [-0.2, -0.15) is 0 Å². The van der Waals surface area contributed by atoms with Gasteiger partial charge in [0.2, 0.25) is 5.91 Å². The van der Waals surface area contributed by atoms with Crippen molar-refractivity contribution in [2.75, 3.05) is 5.32 Å². The molecule has 1 N–H and O–H groups in total. The molecule has 0 saturated heterocycles. The number of amides is 1. The Labute approximate surface area is 198 Å². The molecule has 5 aromatic rings. The molecule has 34 heavy (non-hydrogen) atoms. The third kappa shape index (κ3) is 4.48. The number of carbonyl (C=O) groups excluding carboxylic acids is 1. The minimum atomic E-state index is -0.455. The van der Waals surface area contributed by atoms with E-state index < -0.39 is 4.92 Å². The number of nitro benzene ring substituents is 1. The average molecular weight is 468 g/mol. The molecule has 5 rings (SSSR count). The minimum absolute atomic E-state index is 0.0434. The maximum absolute atomic E-state index is 12.5. The summed E-state index contributed by atoms with van der Waals surface area (Å²) in [7, 11) is 0. The Morgan fingerprint density at radius 1 is 1.00 bits per heavy atom. The molecular formula is C26H17N3O4S. The SMILES string of the molecule is O=C(/C=C/c1ccc(-c2ccccc2[N+](=O)[O-])o1)Nc1cccc(-c2nc3ccccc3s2)c1. The zero-order valence-corrected chi connectivity index (χ0v) is 18.5. The fourth-order valence-corrected chi connectivity index (χ4v) is 4.46. The first kappa shape index (κ1) is 21.3. The van der Waals surface area contributed by atoms with E-state index in [1.54, 1.807) is 41.7 Å². The van der Waals surface area contributed by atoms with Gasteiger partial charge in [0.05, 0.1) is 20.7 Å². The first-order valence-corrected chi connectivity index (χ1v) is 11.2. The van der Waals surface area contributed by atoms with Gasteiger partial charge in [0.25, 0.3) is 5.69 Å².